The second kappa shape index (κ2) is 14.2. The molecule has 2 aromatic rings. The number of rotatable bonds is 11. The van der Waals surface area contributed by atoms with E-state index in [1.54, 1.807) is 7.11 Å². The molecule has 174 valence electrons. The standard InChI is InChI=1S/C22H36N6O2.HI/c1-7-30-20(16(2)3)12-13-23-22(25-15-21-27-26-17(4)28(21)5)24-14-18-8-10-19(29-6)11-9-18;/h8-11,16,20H,7,12-15H2,1-6H3,(H2,23,24,25);1H. The number of ether oxygens (including phenoxy) is 2. The molecule has 1 unspecified atom stereocenters. The summed E-state index contributed by atoms with van der Waals surface area (Å²) in [5.74, 6) is 3.80. The zero-order chi connectivity index (χ0) is 21.9. The number of nitrogens with one attached hydrogen (secondary N) is 2. The molecule has 8 nitrogen and oxygen atoms in total. The van der Waals surface area contributed by atoms with Crippen LogP contribution in [0.3, 0.4) is 0 Å². The van der Waals surface area contributed by atoms with E-state index < -0.39 is 0 Å². The Morgan fingerprint density at radius 1 is 1.16 bits per heavy atom. The number of benzene rings is 1. The number of hydrogen-bond acceptors (Lipinski definition) is 5. The highest BCUT2D eigenvalue weighted by molar-refractivity contribution is 14.0. The Bertz CT molecular complexity index is 792. The second-order valence-electron chi connectivity index (χ2n) is 7.54. The number of aliphatic imine (C=N–C) groups is 1. The topological polar surface area (TPSA) is 85.6 Å². The number of aromatic nitrogens is 3. The highest BCUT2D eigenvalue weighted by atomic mass is 127. The predicted octanol–water partition coefficient (Wildman–Crippen LogP) is 3.44. The molecule has 0 radical (unpaired) electrons. The van der Waals surface area contributed by atoms with Gasteiger partial charge in [0.1, 0.15) is 11.6 Å². The molecule has 1 aromatic carbocycles. The van der Waals surface area contributed by atoms with Gasteiger partial charge in [-0.15, -0.1) is 34.2 Å². The highest BCUT2D eigenvalue weighted by Crippen LogP contribution is 2.12. The fraction of sp³-hybridized carbons (Fsp3) is 0.591. The second-order valence-corrected chi connectivity index (χ2v) is 7.54. The van der Waals surface area contributed by atoms with Crippen molar-refractivity contribution >= 4 is 29.9 Å². The fourth-order valence-electron chi connectivity index (χ4n) is 3.00. The van der Waals surface area contributed by atoms with Gasteiger partial charge in [0.05, 0.1) is 26.3 Å². The molecule has 9 heteroatoms. The van der Waals surface area contributed by atoms with Crippen LogP contribution in [0.1, 0.15) is 44.4 Å². The fourth-order valence-corrected chi connectivity index (χ4v) is 3.00. The van der Waals surface area contributed by atoms with Gasteiger partial charge < -0.3 is 24.7 Å². The molecule has 0 amide bonds. The molecule has 1 atom stereocenters. The van der Waals surface area contributed by atoms with Crippen LogP contribution >= 0.6 is 24.0 Å². The Kier molecular flexibility index (Phi) is 12.5. The number of guanidine groups is 1. The van der Waals surface area contributed by atoms with Crippen LogP contribution in [0.25, 0.3) is 0 Å². The first-order chi connectivity index (χ1) is 14.4. The molecule has 0 aliphatic rings. The van der Waals surface area contributed by atoms with Crippen molar-refractivity contribution < 1.29 is 9.47 Å². The molecule has 0 fully saturated rings. The highest BCUT2D eigenvalue weighted by Gasteiger charge is 2.13. The van der Waals surface area contributed by atoms with Gasteiger partial charge in [0, 0.05) is 20.2 Å². The number of hydrogen-bond donors (Lipinski definition) is 2. The maximum atomic E-state index is 5.85. The zero-order valence-corrected chi connectivity index (χ0v) is 21.8. The average molecular weight is 544 g/mol. The first kappa shape index (κ1) is 27.2. The van der Waals surface area contributed by atoms with E-state index in [9.17, 15) is 0 Å². The molecule has 2 N–H and O–H groups in total. The van der Waals surface area contributed by atoms with Crippen LogP contribution in [0.4, 0.5) is 0 Å². The molecule has 2 rings (SSSR count). The molecule has 0 aliphatic carbocycles. The van der Waals surface area contributed by atoms with Gasteiger partial charge in [-0.05, 0) is 43.9 Å². The van der Waals surface area contributed by atoms with Crippen molar-refractivity contribution in [2.75, 3.05) is 20.3 Å². The van der Waals surface area contributed by atoms with Crippen molar-refractivity contribution in [3.05, 3.63) is 41.5 Å². The normalized spacial score (nSPS) is 12.4. The largest absolute Gasteiger partial charge is 0.497 e. The van der Waals surface area contributed by atoms with E-state index in [0.717, 1.165) is 48.5 Å². The van der Waals surface area contributed by atoms with E-state index in [-0.39, 0.29) is 30.1 Å². The first-order valence-electron chi connectivity index (χ1n) is 10.6. The van der Waals surface area contributed by atoms with Crippen LogP contribution in [-0.2, 0) is 24.9 Å². The third-order valence-electron chi connectivity index (χ3n) is 5.02. The summed E-state index contributed by atoms with van der Waals surface area (Å²) in [7, 11) is 3.63. The third-order valence-corrected chi connectivity index (χ3v) is 5.02. The lowest BCUT2D eigenvalue weighted by molar-refractivity contribution is 0.0258. The van der Waals surface area contributed by atoms with E-state index in [2.05, 4.69) is 34.7 Å². The Balaban J connectivity index is 0.00000480. The summed E-state index contributed by atoms with van der Waals surface area (Å²) in [6, 6.07) is 7.94. The van der Waals surface area contributed by atoms with Gasteiger partial charge in [-0.25, -0.2) is 4.99 Å². The van der Waals surface area contributed by atoms with E-state index >= 15 is 0 Å². The minimum atomic E-state index is 0. The van der Waals surface area contributed by atoms with Crippen molar-refractivity contribution in [3.8, 4) is 5.75 Å². The van der Waals surface area contributed by atoms with Gasteiger partial charge in [-0.2, -0.15) is 0 Å². The summed E-state index contributed by atoms with van der Waals surface area (Å²) in [6.07, 6.45) is 1.14. The third kappa shape index (κ3) is 9.02. The van der Waals surface area contributed by atoms with Crippen LogP contribution in [-0.4, -0.2) is 47.1 Å². The molecule has 0 spiro atoms. The number of methoxy groups -OCH3 is 1. The lowest BCUT2D eigenvalue weighted by Crippen LogP contribution is -2.39. The van der Waals surface area contributed by atoms with E-state index in [0.29, 0.717) is 19.0 Å². The Morgan fingerprint density at radius 2 is 1.87 bits per heavy atom. The Labute approximate surface area is 203 Å². The van der Waals surface area contributed by atoms with Crippen LogP contribution in [0.15, 0.2) is 29.3 Å². The van der Waals surface area contributed by atoms with Crippen molar-refractivity contribution in [2.24, 2.45) is 18.0 Å². The van der Waals surface area contributed by atoms with Crippen molar-refractivity contribution in [3.63, 3.8) is 0 Å². The van der Waals surface area contributed by atoms with Gasteiger partial charge in [-0.3, -0.25) is 0 Å². The summed E-state index contributed by atoms with van der Waals surface area (Å²) in [5, 5.41) is 15.1. The van der Waals surface area contributed by atoms with E-state index in [1.807, 2.05) is 49.7 Å². The monoisotopic (exact) mass is 544 g/mol. The van der Waals surface area contributed by atoms with Crippen molar-refractivity contribution in [2.45, 2.75) is 53.3 Å². The zero-order valence-electron chi connectivity index (χ0n) is 19.5. The Hall–Kier alpha value is -1.88. The molecule has 31 heavy (non-hydrogen) atoms. The summed E-state index contributed by atoms with van der Waals surface area (Å²) in [5.41, 5.74) is 1.11. The molecule has 0 bridgehead atoms. The van der Waals surface area contributed by atoms with Crippen molar-refractivity contribution in [1.82, 2.24) is 25.4 Å². The van der Waals surface area contributed by atoms with Crippen LogP contribution in [0.5, 0.6) is 5.75 Å². The van der Waals surface area contributed by atoms with Gasteiger partial charge in [0.15, 0.2) is 11.8 Å². The van der Waals surface area contributed by atoms with Gasteiger partial charge >= 0.3 is 0 Å². The molecular weight excluding hydrogens is 507 g/mol. The molecule has 1 heterocycles. The molecule has 0 saturated carbocycles. The van der Waals surface area contributed by atoms with E-state index in [4.69, 9.17) is 14.5 Å². The summed E-state index contributed by atoms with van der Waals surface area (Å²) in [4.78, 5) is 4.74. The van der Waals surface area contributed by atoms with Gasteiger partial charge in [-0.1, -0.05) is 26.0 Å². The summed E-state index contributed by atoms with van der Waals surface area (Å²) < 4.78 is 13.0. The van der Waals surface area contributed by atoms with Gasteiger partial charge in [0.25, 0.3) is 0 Å². The molecule has 1 aromatic heterocycles. The maximum absolute atomic E-state index is 5.85. The predicted molar refractivity (Wildman–Crippen MR) is 135 cm³/mol. The van der Waals surface area contributed by atoms with Crippen LogP contribution in [0.2, 0.25) is 0 Å². The minimum Gasteiger partial charge on any atom is -0.497 e. The van der Waals surface area contributed by atoms with Crippen LogP contribution < -0.4 is 15.4 Å². The molecular formula is C22H37IN6O2. The molecule has 0 saturated heterocycles. The number of halogens is 1. The van der Waals surface area contributed by atoms with Crippen molar-refractivity contribution in [1.29, 1.82) is 0 Å². The smallest absolute Gasteiger partial charge is 0.191 e. The molecule has 0 aliphatic heterocycles. The number of nitrogens with zero attached hydrogens (tertiary/aromatic N) is 4. The summed E-state index contributed by atoms with van der Waals surface area (Å²) in [6.45, 7) is 11.0. The Morgan fingerprint density at radius 3 is 2.42 bits per heavy atom. The van der Waals surface area contributed by atoms with Crippen LogP contribution in [0, 0.1) is 12.8 Å². The maximum Gasteiger partial charge on any atom is 0.191 e. The quantitative estimate of drug-likeness (QED) is 0.256. The minimum absolute atomic E-state index is 0. The lowest BCUT2D eigenvalue weighted by Gasteiger charge is -2.21. The summed E-state index contributed by atoms with van der Waals surface area (Å²) >= 11 is 0. The number of aryl methyl sites for hydroxylation is 1. The van der Waals surface area contributed by atoms with Gasteiger partial charge in [0.2, 0.25) is 0 Å². The SMILES string of the molecule is CCOC(CCNC(=NCc1ccc(OC)cc1)NCc1nnc(C)n1C)C(C)C.I. The average Bonchev–Trinajstić information content (AvgIpc) is 3.06. The lowest BCUT2D eigenvalue weighted by atomic mass is 10.0. The first-order valence-corrected chi connectivity index (χ1v) is 10.6. The van der Waals surface area contributed by atoms with E-state index in [1.165, 1.54) is 0 Å².